The average molecular weight is 268 g/mol. The Labute approximate surface area is 119 Å². The highest BCUT2D eigenvalue weighted by atomic mass is 15.3. The van der Waals surface area contributed by atoms with Crippen molar-refractivity contribution in [3.63, 3.8) is 0 Å². The van der Waals surface area contributed by atoms with Crippen LogP contribution in [-0.2, 0) is 25.9 Å². The number of fused-ring (bicyclic) bond motifs is 2. The minimum atomic E-state index is 0.0842. The van der Waals surface area contributed by atoms with Gasteiger partial charge in [-0.25, -0.2) is 4.98 Å². The van der Waals surface area contributed by atoms with E-state index in [2.05, 4.69) is 44.9 Å². The number of rotatable bonds is 2. The molecule has 0 atom stereocenters. The molecule has 0 spiro atoms. The summed E-state index contributed by atoms with van der Waals surface area (Å²) in [6.07, 6.45) is 6.11. The Morgan fingerprint density at radius 1 is 1.15 bits per heavy atom. The summed E-state index contributed by atoms with van der Waals surface area (Å²) in [4.78, 5) is 7.02. The maximum Gasteiger partial charge on any atom is 0.122 e. The van der Waals surface area contributed by atoms with Crippen molar-refractivity contribution >= 4 is 0 Å². The molecular formula is C16H20N4. The summed E-state index contributed by atoms with van der Waals surface area (Å²) in [7, 11) is 0. The second-order valence-electron chi connectivity index (χ2n) is 6.01. The second-order valence-corrected chi connectivity index (χ2v) is 6.01. The van der Waals surface area contributed by atoms with Gasteiger partial charge in [-0.05, 0) is 24.0 Å². The van der Waals surface area contributed by atoms with E-state index in [-0.39, 0.29) is 5.54 Å². The van der Waals surface area contributed by atoms with Crippen molar-refractivity contribution in [3.8, 4) is 0 Å². The zero-order valence-electron chi connectivity index (χ0n) is 11.6. The van der Waals surface area contributed by atoms with Gasteiger partial charge in [-0.15, -0.1) is 0 Å². The van der Waals surface area contributed by atoms with Gasteiger partial charge in [-0.2, -0.15) is 0 Å². The maximum absolute atomic E-state index is 6.21. The van der Waals surface area contributed by atoms with Gasteiger partial charge in [0.2, 0.25) is 0 Å². The van der Waals surface area contributed by atoms with Gasteiger partial charge in [-0.1, -0.05) is 24.3 Å². The molecule has 0 saturated carbocycles. The Kier molecular flexibility index (Phi) is 2.69. The molecular weight excluding hydrogens is 248 g/mol. The highest BCUT2D eigenvalue weighted by Gasteiger charge is 2.42. The lowest BCUT2D eigenvalue weighted by atomic mass is 9.92. The van der Waals surface area contributed by atoms with E-state index in [0.29, 0.717) is 6.54 Å². The van der Waals surface area contributed by atoms with E-state index in [4.69, 9.17) is 5.73 Å². The maximum atomic E-state index is 6.21. The van der Waals surface area contributed by atoms with Crippen LogP contribution in [0, 0.1) is 0 Å². The lowest BCUT2D eigenvalue weighted by Crippen LogP contribution is -2.56. The highest BCUT2D eigenvalue weighted by molar-refractivity contribution is 5.36. The molecule has 2 aliphatic rings. The normalized spacial score (nSPS) is 20.6. The third-order valence-corrected chi connectivity index (χ3v) is 4.95. The largest absolute Gasteiger partial charge is 0.333 e. The van der Waals surface area contributed by atoms with Crippen molar-refractivity contribution in [1.82, 2.24) is 14.5 Å². The molecule has 1 aliphatic carbocycles. The zero-order valence-corrected chi connectivity index (χ0v) is 11.6. The van der Waals surface area contributed by atoms with Crippen LogP contribution in [0.1, 0.15) is 17.0 Å². The number of nitrogens with zero attached hydrogens (tertiary/aromatic N) is 3. The Morgan fingerprint density at radius 3 is 2.60 bits per heavy atom. The van der Waals surface area contributed by atoms with Crippen LogP contribution in [0.2, 0.25) is 0 Å². The van der Waals surface area contributed by atoms with E-state index in [9.17, 15) is 0 Å². The van der Waals surface area contributed by atoms with Crippen LogP contribution in [0.15, 0.2) is 36.7 Å². The Bertz CT molecular complexity index is 606. The van der Waals surface area contributed by atoms with E-state index in [1.165, 1.54) is 17.0 Å². The molecule has 4 nitrogen and oxygen atoms in total. The summed E-state index contributed by atoms with van der Waals surface area (Å²) in [5.74, 6) is 1.17. The van der Waals surface area contributed by atoms with Crippen molar-refractivity contribution in [1.29, 1.82) is 0 Å². The first-order chi connectivity index (χ1) is 9.81. The summed E-state index contributed by atoms with van der Waals surface area (Å²) in [6.45, 7) is 3.71. The summed E-state index contributed by atoms with van der Waals surface area (Å²) in [5, 5.41) is 0. The summed E-state index contributed by atoms with van der Waals surface area (Å²) >= 11 is 0. The van der Waals surface area contributed by atoms with Gasteiger partial charge in [0, 0.05) is 37.6 Å². The lowest BCUT2D eigenvalue weighted by Gasteiger charge is -2.42. The molecule has 0 fully saturated rings. The van der Waals surface area contributed by atoms with Crippen LogP contribution in [-0.4, -0.2) is 33.1 Å². The average Bonchev–Trinajstić information content (AvgIpc) is 3.10. The van der Waals surface area contributed by atoms with Gasteiger partial charge in [0.25, 0.3) is 0 Å². The fraction of sp³-hybridized carbons (Fsp3) is 0.438. The van der Waals surface area contributed by atoms with E-state index in [0.717, 1.165) is 32.5 Å². The molecule has 2 N–H and O–H groups in total. The Balaban J connectivity index is 1.65. The van der Waals surface area contributed by atoms with Crippen LogP contribution in [0.5, 0.6) is 0 Å². The molecule has 1 aliphatic heterocycles. The number of nitrogens with two attached hydrogens (primary N) is 1. The SMILES string of the molecule is NCC1(N2CCn3ccnc3C2)Cc2ccccc2C1. The topological polar surface area (TPSA) is 47.1 Å². The molecule has 104 valence electrons. The third-order valence-electron chi connectivity index (χ3n) is 4.95. The molecule has 1 aromatic carbocycles. The van der Waals surface area contributed by atoms with E-state index < -0.39 is 0 Å². The Hall–Kier alpha value is -1.65. The van der Waals surface area contributed by atoms with E-state index in [1.54, 1.807) is 0 Å². The van der Waals surface area contributed by atoms with E-state index >= 15 is 0 Å². The molecule has 20 heavy (non-hydrogen) atoms. The Morgan fingerprint density at radius 2 is 1.90 bits per heavy atom. The summed E-state index contributed by atoms with van der Waals surface area (Å²) in [5.41, 5.74) is 9.22. The molecule has 0 amide bonds. The molecule has 2 aromatic rings. The number of aromatic nitrogens is 2. The first-order valence-electron chi connectivity index (χ1n) is 7.33. The van der Waals surface area contributed by atoms with Crippen LogP contribution >= 0.6 is 0 Å². The van der Waals surface area contributed by atoms with Crippen molar-refractivity contribution in [2.24, 2.45) is 5.73 Å². The quantitative estimate of drug-likeness (QED) is 0.890. The number of hydrogen-bond donors (Lipinski definition) is 1. The van der Waals surface area contributed by atoms with Gasteiger partial charge in [0.15, 0.2) is 0 Å². The minimum Gasteiger partial charge on any atom is -0.333 e. The standard InChI is InChI=1S/C16H20N4/c17-12-16(9-13-3-1-2-4-14(13)10-16)20-8-7-19-6-5-18-15(19)11-20/h1-6H,7-12,17H2. The third kappa shape index (κ3) is 1.72. The van der Waals surface area contributed by atoms with Gasteiger partial charge in [0.05, 0.1) is 6.54 Å². The van der Waals surface area contributed by atoms with Gasteiger partial charge in [0.1, 0.15) is 5.82 Å². The zero-order chi connectivity index (χ0) is 13.6. The second kappa shape index (κ2) is 4.43. The fourth-order valence-corrected chi connectivity index (χ4v) is 3.75. The summed E-state index contributed by atoms with van der Waals surface area (Å²) in [6, 6.07) is 8.76. The lowest BCUT2D eigenvalue weighted by molar-refractivity contribution is 0.0706. The molecule has 0 radical (unpaired) electrons. The van der Waals surface area contributed by atoms with Crippen LogP contribution in [0.3, 0.4) is 0 Å². The van der Waals surface area contributed by atoms with Crippen LogP contribution in [0.4, 0.5) is 0 Å². The molecule has 2 heterocycles. The first-order valence-corrected chi connectivity index (χ1v) is 7.33. The smallest absolute Gasteiger partial charge is 0.122 e. The van der Waals surface area contributed by atoms with Crippen molar-refractivity contribution in [2.75, 3.05) is 13.1 Å². The van der Waals surface area contributed by atoms with Crippen molar-refractivity contribution in [2.45, 2.75) is 31.5 Å². The van der Waals surface area contributed by atoms with Gasteiger partial charge in [-0.3, -0.25) is 4.90 Å². The number of benzene rings is 1. The monoisotopic (exact) mass is 268 g/mol. The van der Waals surface area contributed by atoms with E-state index in [1.807, 2.05) is 6.20 Å². The first kappa shape index (κ1) is 12.1. The molecule has 4 rings (SSSR count). The molecule has 0 saturated heterocycles. The predicted molar refractivity (Wildman–Crippen MR) is 78.3 cm³/mol. The predicted octanol–water partition coefficient (Wildman–Crippen LogP) is 1.19. The van der Waals surface area contributed by atoms with Crippen LogP contribution < -0.4 is 5.73 Å². The van der Waals surface area contributed by atoms with Gasteiger partial charge >= 0.3 is 0 Å². The van der Waals surface area contributed by atoms with Gasteiger partial charge < -0.3 is 10.3 Å². The number of imidazole rings is 1. The van der Waals surface area contributed by atoms with Crippen molar-refractivity contribution in [3.05, 3.63) is 53.6 Å². The van der Waals surface area contributed by atoms with Crippen LogP contribution in [0.25, 0.3) is 0 Å². The fourth-order valence-electron chi connectivity index (χ4n) is 3.75. The molecule has 0 bridgehead atoms. The minimum absolute atomic E-state index is 0.0842. The molecule has 1 aromatic heterocycles. The highest BCUT2D eigenvalue weighted by Crippen LogP contribution is 2.35. The molecule has 4 heteroatoms. The number of hydrogen-bond acceptors (Lipinski definition) is 3. The summed E-state index contributed by atoms with van der Waals surface area (Å²) < 4.78 is 2.25. The molecule has 0 unspecified atom stereocenters. The van der Waals surface area contributed by atoms with Crippen molar-refractivity contribution < 1.29 is 0 Å².